The second-order valence-electron chi connectivity index (χ2n) is 7.11. The lowest BCUT2D eigenvalue weighted by atomic mass is 9.48. The third kappa shape index (κ3) is 1.67. The molecule has 4 saturated carbocycles. The summed E-state index contributed by atoms with van der Waals surface area (Å²) in [7, 11) is 1.88. The minimum Gasteiger partial charge on any atom is -0.396 e. The van der Waals surface area contributed by atoms with Crippen LogP contribution in [0.3, 0.4) is 0 Å². The van der Waals surface area contributed by atoms with Gasteiger partial charge in [0, 0.05) is 13.2 Å². The first-order valence-corrected chi connectivity index (χ1v) is 7.62. The molecule has 5 rings (SSSR count). The van der Waals surface area contributed by atoms with Crippen LogP contribution >= 0.6 is 0 Å². The molecule has 3 N–H and O–H groups in total. The average Bonchev–Trinajstić information content (AvgIpc) is 2.37. The zero-order valence-corrected chi connectivity index (χ0v) is 11.7. The molecule has 102 valence electrons. The van der Waals surface area contributed by atoms with E-state index in [2.05, 4.69) is 22.6 Å². The van der Waals surface area contributed by atoms with Crippen molar-refractivity contribution in [1.29, 1.82) is 0 Å². The lowest BCUT2D eigenvalue weighted by Gasteiger charge is -2.57. The lowest BCUT2D eigenvalue weighted by Crippen LogP contribution is -2.48. The van der Waals surface area contributed by atoms with Gasteiger partial charge >= 0.3 is 0 Å². The van der Waals surface area contributed by atoms with Crippen LogP contribution in [0.5, 0.6) is 0 Å². The minimum atomic E-state index is 0.405. The Labute approximate surface area is 115 Å². The van der Waals surface area contributed by atoms with Gasteiger partial charge in [0.1, 0.15) is 5.82 Å². The number of pyridine rings is 1. The SMILES string of the molecule is CNc1ncc(C23CC4CC(CC(C4)C2)C3)cc1N. The Bertz CT molecular complexity index is 473. The first kappa shape index (κ1) is 11.6. The van der Waals surface area contributed by atoms with Gasteiger partial charge in [0.05, 0.1) is 5.69 Å². The molecule has 1 aromatic heterocycles. The van der Waals surface area contributed by atoms with Crippen LogP contribution in [0.1, 0.15) is 44.1 Å². The first-order valence-electron chi connectivity index (χ1n) is 7.62. The van der Waals surface area contributed by atoms with Crippen molar-refractivity contribution in [2.75, 3.05) is 18.1 Å². The fraction of sp³-hybridized carbons (Fsp3) is 0.688. The van der Waals surface area contributed by atoms with Crippen LogP contribution in [0.25, 0.3) is 0 Å². The maximum absolute atomic E-state index is 6.13. The van der Waals surface area contributed by atoms with E-state index in [0.29, 0.717) is 5.41 Å². The summed E-state index contributed by atoms with van der Waals surface area (Å²) in [4.78, 5) is 4.52. The largest absolute Gasteiger partial charge is 0.396 e. The number of rotatable bonds is 2. The number of hydrogen-bond donors (Lipinski definition) is 2. The molecule has 4 bridgehead atoms. The topological polar surface area (TPSA) is 50.9 Å². The van der Waals surface area contributed by atoms with Crippen molar-refractivity contribution in [2.24, 2.45) is 17.8 Å². The number of anilines is 2. The van der Waals surface area contributed by atoms with Crippen LogP contribution in [0.15, 0.2) is 12.3 Å². The first-order chi connectivity index (χ1) is 9.18. The number of aromatic nitrogens is 1. The molecular formula is C16H23N3. The predicted molar refractivity (Wildman–Crippen MR) is 78.0 cm³/mol. The highest BCUT2D eigenvalue weighted by molar-refractivity contribution is 5.62. The summed E-state index contributed by atoms with van der Waals surface area (Å²) in [6.45, 7) is 0. The highest BCUT2D eigenvalue weighted by Gasteiger charge is 2.51. The van der Waals surface area contributed by atoms with E-state index < -0.39 is 0 Å². The van der Waals surface area contributed by atoms with Gasteiger partial charge in [-0.1, -0.05) is 0 Å². The highest BCUT2D eigenvalue weighted by atomic mass is 15.0. The Morgan fingerprint density at radius 2 is 1.74 bits per heavy atom. The third-order valence-corrected chi connectivity index (χ3v) is 5.80. The Hall–Kier alpha value is -1.25. The standard InChI is InChI=1S/C16H23N3/c1-18-15-14(17)5-13(9-19-15)16-6-10-2-11(7-16)4-12(3-10)8-16/h5,9-12H,2-4,6-8,17H2,1H3,(H,18,19). The Kier molecular flexibility index (Phi) is 2.36. The van der Waals surface area contributed by atoms with Crippen molar-refractivity contribution >= 4 is 11.5 Å². The van der Waals surface area contributed by atoms with Crippen LogP contribution in [0.2, 0.25) is 0 Å². The summed E-state index contributed by atoms with van der Waals surface area (Å²) in [6, 6.07) is 2.19. The van der Waals surface area contributed by atoms with Gasteiger partial charge in [0.25, 0.3) is 0 Å². The van der Waals surface area contributed by atoms with Crippen LogP contribution in [-0.2, 0) is 5.41 Å². The van der Waals surface area contributed by atoms with Crippen molar-refractivity contribution in [3.05, 3.63) is 17.8 Å². The Morgan fingerprint density at radius 3 is 2.21 bits per heavy atom. The average molecular weight is 257 g/mol. The summed E-state index contributed by atoms with van der Waals surface area (Å²) < 4.78 is 0. The van der Waals surface area contributed by atoms with Crippen molar-refractivity contribution in [2.45, 2.75) is 43.9 Å². The molecule has 0 atom stereocenters. The fourth-order valence-corrected chi connectivity index (χ4v) is 5.44. The van der Waals surface area contributed by atoms with Gasteiger partial charge in [0.2, 0.25) is 0 Å². The molecule has 1 aromatic rings. The quantitative estimate of drug-likeness (QED) is 0.855. The predicted octanol–water partition coefficient (Wildman–Crippen LogP) is 3.17. The van der Waals surface area contributed by atoms with Gasteiger partial charge in [-0.25, -0.2) is 4.98 Å². The molecule has 3 heteroatoms. The molecule has 3 nitrogen and oxygen atoms in total. The van der Waals surface area contributed by atoms with Crippen molar-refractivity contribution in [1.82, 2.24) is 4.98 Å². The number of nitrogens with one attached hydrogen (secondary N) is 1. The smallest absolute Gasteiger partial charge is 0.148 e. The van der Waals surface area contributed by atoms with E-state index in [1.165, 1.54) is 44.1 Å². The van der Waals surface area contributed by atoms with Gasteiger partial charge in [-0.3, -0.25) is 0 Å². The monoisotopic (exact) mass is 257 g/mol. The summed E-state index contributed by atoms with van der Waals surface area (Å²) in [5, 5.41) is 3.06. The van der Waals surface area contributed by atoms with Gasteiger partial charge in [-0.05, 0) is 73.3 Å². The molecule has 0 saturated heterocycles. The van der Waals surface area contributed by atoms with E-state index in [-0.39, 0.29) is 0 Å². The Morgan fingerprint density at radius 1 is 1.16 bits per heavy atom. The van der Waals surface area contributed by atoms with Crippen LogP contribution < -0.4 is 11.1 Å². The molecule has 4 aliphatic rings. The third-order valence-electron chi connectivity index (χ3n) is 5.80. The number of nitrogens with zero attached hydrogens (tertiary/aromatic N) is 1. The summed E-state index contributed by atoms with van der Waals surface area (Å²) in [5.74, 6) is 3.72. The maximum Gasteiger partial charge on any atom is 0.148 e. The van der Waals surface area contributed by atoms with E-state index in [1.807, 2.05) is 7.05 Å². The summed E-state index contributed by atoms with van der Waals surface area (Å²) >= 11 is 0. The molecule has 0 aromatic carbocycles. The second-order valence-corrected chi connectivity index (χ2v) is 7.11. The molecular weight excluding hydrogens is 234 g/mol. The molecule has 19 heavy (non-hydrogen) atoms. The van der Waals surface area contributed by atoms with E-state index in [9.17, 15) is 0 Å². The van der Waals surface area contributed by atoms with E-state index in [0.717, 1.165) is 29.3 Å². The molecule has 0 radical (unpaired) electrons. The fourth-order valence-electron chi connectivity index (χ4n) is 5.44. The summed E-state index contributed by atoms with van der Waals surface area (Å²) in [6.07, 6.45) is 10.6. The van der Waals surface area contributed by atoms with Crippen LogP contribution in [0, 0.1) is 17.8 Å². The van der Waals surface area contributed by atoms with Gasteiger partial charge in [-0.2, -0.15) is 0 Å². The number of hydrogen-bond acceptors (Lipinski definition) is 3. The zero-order valence-electron chi connectivity index (χ0n) is 11.7. The highest BCUT2D eigenvalue weighted by Crippen LogP contribution is 2.60. The van der Waals surface area contributed by atoms with E-state index in [4.69, 9.17) is 5.73 Å². The van der Waals surface area contributed by atoms with Crippen molar-refractivity contribution < 1.29 is 0 Å². The summed E-state index contributed by atoms with van der Waals surface area (Å²) in [5.41, 5.74) is 8.74. The molecule has 0 amide bonds. The minimum absolute atomic E-state index is 0.405. The molecule has 1 heterocycles. The Balaban J connectivity index is 1.73. The van der Waals surface area contributed by atoms with E-state index in [1.54, 1.807) is 0 Å². The van der Waals surface area contributed by atoms with Gasteiger partial charge < -0.3 is 11.1 Å². The van der Waals surface area contributed by atoms with Gasteiger partial charge in [-0.15, -0.1) is 0 Å². The van der Waals surface area contributed by atoms with Crippen LogP contribution in [0.4, 0.5) is 11.5 Å². The van der Waals surface area contributed by atoms with Crippen molar-refractivity contribution in [3.8, 4) is 0 Å². The number of nitrogen functional groups attached to an aromatic ring is 1. The molecule has 0 spiro atoms. The number of nitrogens with two attached hydrogens (primary N) is 1. The molecule has 0 unspecified atom stereocenters. The second kappa shape index (κ2) is 3.87. The maximum atomic E-state index is 6.13. The van der Waals surface area contributed by atoms with Crippen molar-refractivity contribution in [3.63, 3.8) is 0 Å². The molecule has 4 fully saturated rings. The zero-order chi connectivity index (χ0) is 13.0. The normalized spacial score (nSPS) is 39.5. The lowest BCUT2D eigenvalue weighted by molar-refractivity contribution is -0.00530. The molecule has 0 aliphatic heterocycles. The van der Waals surface area contributed by atoms with Crippen LogP contribution in [-0.4, -0.2) is 12.0 Å². The van der Waals surface area contributed by atoms with E-state index >= 15 is 0 Å². The van der Waals surface area contributed by atoms with Gasteiger partial charge in [0.15, 0.2) is 0 Å². The molecule has 4 aliphatic carbocycles.